The number of primary amides is 1. The molecule has 1 aliphatic rings. The summed E-state index contributed by atoms with van der Waals surface area (Å²) in [5.74, 6) is -0.381. The maximum absolute atomic E-state index is 12.3. The Morgan fingerprint density at radius 2 is 2.00 bits per heavy atom. The van der Waals surface area contributed by atoms with E-state index in [-0.39, 0.29) is 17.6 Å². The molecule has 0 saturated carbocycles. The lowest BCUT2D eigenvalue weighted by Gasteiger charge is -2.23. The number of likely N-dealkylation sites (tertiary alicyclic amines) is 1. The summed E-state index contributed by atoms with van der Waals surface area (Å²) in [6.45, 7) is 2.60. The molecular formula is C15H21N3O3. The van der Waals surface area contributed by atoms with E-state index in [4.69, 9.17) is 11.5 Å². The molecule has 0 aromatic heterocycles. The summed E-state index contributed by atoms with van der Waals surface area (Å²) >= 11 is 0. The minimum absolute atomic E-state index is 0.173. The molecule has 6 nitrogen and oxygen atoms in total. The first-order valence-electron chi connectivity index (χ1n) is 6.94. The van der Waals surface area contributed by atoms with Crippen LogP contribution in [-0.4, -0.2) is 41.0 Å². The van der Waals surface area contributed by atoms with Crippen molar-refractivity contribution in [2.24, 2.45) is 16.9 Å². The van der Waals surface area contributed by atoms with E-state index in [2.05, 4.69) is 0 Å². The van der Waals surface area contributed by atoms with Crippen molar-refractivity contribution >= 4 is 11.8 Å². The molecule has 1 saturated heterocycles. The average Bonchev–Trinajstić information content (AvgIpc) is 2.84. The first-order chi connectivity index (χ1) is 9.82. The van der Waals surface area contributed by atoms with Gasteiger partial charge in [0.1, 0.15) is 5.75 Å². The number of carbonyl (C=O) groups is 2. The summed E-state index contributed by atoms with van der Waals surface area (Å²) in [6.07, 6.45) is 0.961. The Kier molecular flexibility index (Phi) is 4.18. The van der Waals surface area contributed by atoms with E-state index in [1.54, 1.807) is 36.1 Å². The third-order valence-electron chi connectivity index (χ3n) is 4.09. The zero-order chi connectivity index (χ0) is 15.6. The molecule has 21 heavy (non-hydrogen) atoms. The standard InChI is InChI=1S/C15H21N3O3/c1-15(14(17)21)6-7-18(9-15)13(20)12(16)8-10-2-4-11(19)5-3-10/h2-5,12,19H,6-9,16H2,1H3,(H2,17,21)/t12-,15?/m0/s1. The lowest BCUT2D eigenvalue weighted by atomic mass is 9.89. The molecule has 2 rings (SSSR count). The van der Waals surface area contributed by atoms with Crippen LogP contribution in [0.4, 0.5) is 0 Å². The van der Waals surface area contributed by atoms with E-state index in [0.717, 1.165) is 5.56 Å². The SMILES string of the molecule is CC1(C(N)=O)CCN(C(=O)[C@@H](N)Cc2ccc(O)cc2)C1. The molecule has 1 unspecified atom stereocenters. The number of aromatic hydroxyl groups is 1. The molecule has 0 aliphatic carbocycles. The summed E-state index contributed by atoms with van der Waals surface area (Å²) in [5, 5.41) is 9.23. The summed E-state index contributed by atoms with van der Waals surface area (Å²) in [7, 11) is 0. The molecule has 1 aromatic carbocycles. The van der Waals surface area contributed by atoms with Gasteiger partial charge in [-0.2, -0.15) is 0 Å². The van der Waals surface area contributed by atoms with Crippen LogP contribution in [0.1, 0.15) is 18.9 Å². The normalized spacial score (nSPS) is 23.0. The van der Waals surface area contributed by atoms with Crippen LogP contribution in [0.25, 0.3) is 0 Å². The molecule has 1 heterocycles. The maximum atomic E-state index is 12.3. The first-order valence-corrected chi connectivity index (χ1v) is 6.94. The highest BCUT2D eigenvalue weighted by Gasteiger charge is 2.41. The number of phenols is 1. The summed E-state index contributed by atoms with van der Waals surface area (Å²) < 4.78 is 0. The van der Waals surface area contributed by atoms with Gasteiger partial charge >= 0.3 is 0 Å². The van der Waals surface area contributed by atoms with E-state index in [1.165, 1.54) is 0 Å². The number of nitrogens with two attached hydrogens (primary N) is 2. The third-order valence-corrected chi connectivity index (χ3v) is 4.09. The van der Waals surface area contributed by atoms with Crippen LogP contribution in [0, 0.1) is 5.41 Å². The second-order valence-electron chi connectivity index (χ2n) is 5.91. The Hall–Kier alpha value is -2.08. The van der Waals surface area contributed by atoms with Crippen molar-refractivity contribution in [3.8, 4) is 5.75 Å². The van der Waals surface area contributed by atoms with Gasteiger partial charge in [-0.3, -0.25) is 9.59 Å². The van der Waals surface area contributed by atoms with Crippen molar-refractivity contribution in [3.63, 3.8) is 0 Å². The molecule has 1 aliphatic heterocycles. The number of rotatable bonds is 4. The van der Waals surface area contributed by atoms with Gasteiger partial charge in [-0.25, -0.2) is 0 Å². The number of carbonyl (C=O) groups excluding carboxylic acids is 2. The Balaban J connectivity index is 1.97. The molecule has 0 radical (unpaired) electrons. The van der Waals surface area contributed by atoms with E-state index < -0.39 is 11.5 Å². The number of phenolic OH excluding ortho intramolecular Hbond substituents is 1. The van der Waals surface area contributed by atoms with E-state index in [0.29, 0.717) is 25.9 Å². The van der Waals surface area contributed by atoms with E-state index >= 15 is 0 Å². The predicted octanol–water partition coefficient (Wildman–Crippen LogP) is -0.0141. The van der Waals surface area contributed by atoms with Gasteiger partial charge in [-0.1, -0.05) is 12.1 Å². The van der Waals surface area contributed by atoms with Crippen molar-refractivity contribution in [2.75, 3.05) is 13.1 Å². The lowest BCUT2D eigenvalue weighted by Crippen LogP contribution is -2.46. The maximum Gasteiger partial charge on any atom is 0.239 e. The number of nitrogens with zero attached hydrogens (tertiary/aromatic N) is 1. The smallest absolute Gasteiger partial charge is 0.239 e. The van der Waals surface area contributed by atoms with Gasteiger partial charge in [-0.05, 0) is 37.5 Å². The molecule has 2 atom stereocenters. The van der Waals surface area contributed by atoms with Crippen molar-refractivity contribution in [1.82, 2.24) is 4.90 Å². The van der Waals surface area contributed by atoms with Crippen LogP contribution < -0.4 is 11.5 Å². The van der Waals surface area contributed by atoms with Crippen LogP contribution in [-0.2, 0) is 16.0 Å². The van der Waals surface area contributed by atoms with Gasteiger partial charge < -0.3 is 21.5 Å². The molecule has 5 N–H and O–H groups in total. The summed E-state index contributed by atoms with van der Waals surface area (Å²) in [4.78, 5) is 25.3. The lowest BCUT2D eigenvalue weighted by molar-refractivity contribution is -0.132. The molecule has 2 amide bonds. The zero-order valence-corrected chi connectivity index (χ0v) is 12.1. The quantitative estimate of drug-likeness (QED) is 0.724. The number of hydrogen-bond donors (Lipinski definition) is 3. The monoisotopic (exact) mass is 291 g/mol. The Bertz CT molecular complexity index is 544. The zero-order valence-electron chi connectivity index (χ0n) is 12.1. The van der Waals surface area contributed by atoms with E-state index in [9.17, 15) is 14.7 Å². The molecule has 6 heteroatoms. The molecule has 0 bridgehead atoms. The van der Waals surface area contributed by atoms with Crippen LogP contribution in [0.3, 0.4) is 0 Å². The van der Waals surface area contributed by atoms with Crippen LogP contribution in [0.15, 0.2) is 24.3 Å². The van der Waals surface area contributed by atoms with Gasteiger partial charge in [0, 0.05) is 13.1 Å². The van der Waals surface area contributed by atoms with Crippen molar-refractivity contribution < 1.29 is 14.7 Å². The molecular weight excluding hydrogens is 270 g/mol. The summed E-state index contributed by atoms with van der Waals surface area (Å²) in [5.41, 5.74) is 11.6. The number of hydrogen-bond acceptors (Lipinski definition) is 4. The molecule has 1 aromatic rings. The van der Waals surface area contributed by atoms with Gasteiger partial charge in [-0.15, -0.1) is 0 Å². The molecule has 114 valence electrons. The van der Waals surface area contributed by atoms with Crippen molar-refractivity contribution in [3.05, 3.63) is 29.8 Å². The van der Waals surface area contributed by atoms with Crippen LogP contribution in [0.5, 0.6) is 5.75 Å². The second kappa shape index (κ2) is 5.73. The topological polar surface area (TPSA) is 110 Å². The van der Waals surface area contributed by atoms with Crippen LogP contribution >= 0.6 is 0 Å². The number of benzene rings is 1. The predicted molar refractivity (Wildman–Crippen MR) is 78.3 cm³/mol. The fraction of sp³-hybridized carbons (Fsp3) is 0.467. The van der Waals surface area contributed by atoms with Crippen molar-refractivity contribution in [1.29, 1.82) is 0 Å². The average molecular weight is 291 g/mol. The minimum Gasteiger partial charge on any atom is -0.508 e. The van der Waals surface area contributed by atoms with Gasteiger partial charge in [0.15, 0.2) is 0 Å². The highest BCUT2D eigenvalue weighted by atomic mass is 16.3. The van der Waals surface area contributed by atoms with E-state index in [1.807, 2.05) is 0 Å². The second-order valence-corrected chi connectivity index (χ2v) is 5.91. The Morgan fingerprint density at radius 3 is 2.52 bits per heavy atom. The fourth-order valence-corrected chi connectivity index (χ4v) is 2.56. The first kappa shape index (κ1) is 15.3. The van der Waals surface area contributed by atoms with Gasteiger partial charge in [0.05, 0.1) is 11.5 Å². The number of amides is 2. The fourth-order valence-electron chi connectivity index (χ4n) is 2.56. The highest BCUT2D eigenvalue weighted by Crippen LogP contribution is 2.29. The largest absolute Gasteiger partial charge is 0.508 e. The van der Waals surface area contributed by atoms with Crippen molar-refractivity contribution in [2.45, 2.75) is 25.8 Å². The Labute approximate surface area is 123 Å². The highest BCUT2D eigenvalue weighted by molar-refractivity contribution is 5.86. The molecule has 0 spiro atoms. The Morgan fingerprint density at radius 1 is 1.38 bits per heavy atom. The minimum atomic E-state index is -0.662. The molecule has 1 fully saturated rings. The third kappa shape index (κ3) is 3.33. The summed E-state index contributed by atoms with van der Waals surface area (Å²) in [6, 6.07) is 5.93. The van der Waals surface area contributed by atoms with Crippen LogP contribution in [0.2, 0.25) is 0 Å². The van der Waals surface area contributed by atoms with Gasteiger partial charge in [0.2, 0.25) is 11.8 Å². The van der Waals surface area contributed by atoms with Gasteiger partial charge in [0.25, 0.3) is 0 Å².